The molecule has 1 amide bonds. The summed E-state index contributed by atoms with van der Waals surface area (Å²) in [4.78, 5) is 31.6. The van der Waals surface area contributed by atoms with Crippen LogP contribution in [0.3, 0.4) is 0 Å². The standard InChI is InChI=1S/C23H23N5O3/c1-26-19-9-16(2-5-20(19)31-13-21(26)29)27-7-6-25-22(27)17-3-4-18-15-8-14(10-24-11-15)12-28(18)23(17)30/h2-7,9,14-15,24H,8,10-13H2,1H3/t14-,15+/m0/s1. The summed E-state index contributed by atoms with van der Waals surface area (Å²) >= 11 is 0. The van der Waals surface area contributed by atoms with Gasteiger partial charge in [-0.2, -0.15) is 0 Å². The van der Waals surface area contributed by atoms with Gasteiger partial charge in [-0.1, -0.05) is 0 Å². The lowest BCUT2D eigenvalue weighted by Gasteiger charge is -2.37. The first-order valence-electron chi connectivity index (χ1n) is 10.6. The van der Waals surface area contributed by atoms with E-state index in [0.717, 1.165) is 37.4 Å². The second-order valence-electron chi connectivity index (χ2n) is 8.56. The highest BCUT2D eigenvalue weighted by Gasteiger charge is 2.32. The van der Waals surface area contributed by atoms with Crippen molar-refractivity contribution in [3.63, 3.8) is 0 Å². The number of likely N-dealkylation sites (N-methyl/N-ethyl adjacent to an activating group) is 1. The molecule has 3 aromatic rings. The third kappa shape index (κ3) is 2.82. The van der Waals surface area contributed by atoms with E-state index in [1.807, 2.05) is 39.6 Å². The average molecular weight is 417 g/mol. The molecule has 0 unspecified atom stereocenters. The molecule has 1 saturated heterocycles. The number of carbonyl (C=O) groups excluding carboxylic acids is 1. The first kappa shape index (κ1) is 18.4. The second-order valence-corrected chi connectivity index (χ2v) is 8.56. The highest BCUT2D eigenvalue weighted by Crippen LogP contribution is 2.35. The summed E-state index contributed by atoms with van der Waals surface area (Å²) in [6, 6.07) is 9.64. The molecule has 2 aromatic heterocycles. The number of fused-ring (bicyclic) bond motifs is 5. The molecule has 3 aliphatic heterocycles. The van der Waals surface area contributed by atoms with E-state index in [2.05, 4.69) is 16.4 Å². The molecule has 0 saturated carbocycles. The van der Waals surface area contributed by atoms with E-state index in [9.17, 15) is 9.59 Å². The molecule has 0 radical (unpaired) electrons. The van der Waals surface area contributed by atoms with Gasteiger partial charge in [-0.05, 0) is 49.2 Å². The average Bonchev–Trinajstić information content (AvgIpc) is 3.27. The van der Waals surface area contributed by atoms with Crippen LogP contribution in [0.1, 0.15) is 18.0 Å². The number of rotatable bonds is 2. The van der Waals surface area contributed by atoms with Gasteiger partial charge in [0.1, 0.15) is 11.6 Å². The van der Waals surface area contributed by atoms with Gasteiger partial charge in [-0.3, -0.25) is 14.2 Å². The lowest BCUT2D eigenvalue weighted by molar-refractivity contribution is -0.120. The molecule has 1 fully saturated rings. The SMILES string of the molecule is CN1C(=O)COc2ccc(-n3ccnc3-c3ccc4n(c3=O)C[C@@H]3CNC[C@H]4C3)cc21. The van der Waals surface area contributed by atoms with Crippen molar-refractivity contribution in [2.24, 2.45) is 5.92 Å². The van der Waals surface area contributed by atoms with Crippen molar-refractivity contribution in [3.8, 4) is 22.8 Å². The van der Waals surface area contributed by atoms with Crippen molar-refractivity contribution in [1.82, 2.24) is 19.4 Å². The minimum atomic E-state index is -0.0940. The molecule has 2 atom stereocenters. The summed E-state index contributed by atoms with van der Waals surface area (Å²) in [6.07, 6.45) is 4.68. The Kier molecular flexibility index (Phi) is 4.04. The third-order valence-electron chi connectivity index (χ3n) is 6.70. The summed E-state index contributed by atoms with van der Waals surface area (Å²) in [5, 5.41) is 3.48. The smallest absolute Gasteiger partial charge is 0.264 e. The summed E-state index contributed by atoms with van der Waals surface area (Å²) in [5.74, 6) is 2.06. The van der Waals surface area contributed by atoms with Crippen LogP contribution in [0.4, 0.5) is 5.69 Å². The lowest BCUT2D eigenvalue weighted by atomic mass is 9.84. The number of pyridine rings is 1. The Hall–Kier alpha value is -3.39. The first-order valence-corrected chi connectivity index (χ1v) is 10.6. The highest BCUT2D eigenvalue weighted by molar-refractivity contribution is 5.97. The Morgan fingerprint density at radius 2 is 2.06 bits per heavy atom. The maximum Gasteiger partial charge on any atom is 0.264 e. The van der Waals surface area contributed by atoms with Crippen LogP contribution in [0.25, 0.3) is 17.1 Å². The van der Waals surface area contributed by atoms with E-state index < -0.39 is 0 Å². The monoisotopic (exact) mass is 417 g/mol. The second kappa shape index (κ2) is 6.81. The molecule has 1 N–H and O–H groups in total. The van der Waals surface area contributed by atoms with Crippen molar-refractivity contribution in [3.05, 3.63) is 58.8 Å². The van der Waals surface area contributed by atoms with Gasteiger partial charge in [0, 0.05) is 49.8 Å². The van der Waals surface area contributed by atoms with Gasteiger partial charge >= 0.3 is 0 Å². The van der Waals surface area contributed by atoms with Crippen molar-refractivity contribution < 1.29 is 9.53 Å². The minimum absolute atomic E-state index is 0.00939. The number of aromatic nitrogens is 3. The quantitative estimate of drug-likeness (QED) is 0.687. The van der Waals surface area contributed by atoms with Crippen LogP contribution < -0.4 is 20.5 Å². The molecule has 158 valence electrons. The zero-order valence-electron chi connectivity index (χ0n) is 17.2. The summed E-state index contributed by atoms with van der Waals surface area (Å²) < 4.78 is 9.37. The Morgan fingerprint density at radius 3 is 2.97 bits per heavy atom. The van der Waals surface area contributed by atoms with E-state index >= 15 is 0 Å². The summed E-state index contributed by atoms with van der Waals surface area (Å²) in [5.41, 5.74) is 3.23. The molecule has 31 heavy (non-hydrogen) atoms. The van der Waals surface area contributed by atoms with Gasteiger partial charge in [0.05, 0.1) is 11.3 Å². The Labute approximate surface area is 179 Å². The number of piperidine rings is 1. The van der Waals surface area contributed by atoms with E-state index in [0.29, 0.717) is 34.7 Å². The molecular weight excluding hydrogens is 394 g/mol. The maximum atomic E-state index is 13.5. The molecule has 8 nitrogen and oxygen atoms in total. The largest absolute Gasteiger partial charge is 0.482 e. The molecule has 0 spiro atoms. The number of benzene rings is 1. The zero-order chi connectivity index (χ0) is 21.1. The number of hydrogen-bond donors (Lipinski definition) is 1. The van der Waals surface area contributed by atoms with Crippen molar-refractivity contribution in [2.75, 3.05) is 31.6 Å². The van der Waals surface area contributed by atoms with Crippen LogP contribution in [0, 0.1) is 5.92 Å². The highest BCUT2D eigenvalue weighted by atomic mass is 16.5. The fraction of sp³-hybridized carbons (Fsp3) is 0.348. The first-order chi connectivity index (χ1) is 15.1. The summed E-state index contributed by atoms with van der Waals surface area (Å²) in [7, 11) is 1.74. The third-order valence-corrected chi connectivity index (χ3v) is 6.70. The molecular formula is C23H23N5O3. The number of hydrogen-bond acceptors (Lipinski definition) is 5. The molecule has 8 heteroatoms. The van der Waals surface area contributed by atoms with Crippen LogP contribution in [0.15, 0.2) is 47.5 Å². The van der Waals surface area contributed by atoms with Gasteiger partial charge < -0.3 is 19.5 Å². The fourth-order valence-electron chi connectivity index (χ4n) is 5.08. The molecule has 3 aliphatic rings. The van der Waals surface area contributed by atoms with Crippen LogP contribution in [-0.2, 0) is 11.3 Å². The maximum absolute atomic E-state index is 13.5. The topological polar surface area (TPSA) is 81.4 Å². The van der Waals surface area contributed by atoms with Crippen LogP contribution in [0.5, 0.6) is 5.75 Å². The number of nitrogens with one attached hydrogen (secondary N) is 1. The van der Waals surface area contributed by atoms with E-state index in [1.165, 1.54) is 0 Å². The minimum Gasteiger partial charge on any atom is -0.482 e. The number of nitrogens with zero attached hydrogens (tertiary/aromatic N) is 4. The van der Waals surface area contributed by atoms with Crippen LogP contribution >= 0.6 is 0 Å². The van der Waals surface area contributed by atoms with Gasteiger partial charge in [-0.15, -0.1) is 0 Å². The van der Waals surface area contributed by atoms with Crippen molar-refractivity contribution >= 4 is 11.6 Å². The summed E-state index contributed by atoms with van der Waals surface area (Å²) in [6.45, 7) is 2.68. The van der Waals surface area contributed by atoms with Crippen LogP contribution in [0.2, 0.25) is 0 Å². The number of amides is 1. The number of carbonyl (C=O) groups is 1. The lowest BCUT2D eigenvalue weighted by Crippen LogP contribution is -2.45. The number of imidazole rings is 1. The van der Waals surface area contributed by atoms with E-state index in [4.69, 9.17) is 4.74 Å². The van der Waals surface area contributed by atoms with E-state index in [-0.39, 0.29) is 18.1 Å². The van der Waals surface area contributed by atoms with E-state index in [1.54, 1.807) is 18.1 Å². The zero-order valence-corrected chi connectivity index (χ0v) is 17.2. The van der Waals surface area contributed by atoms with Crippen molar-refractivity contribution in [1.29, 1.82) is 0 Å². The Bertz CT molecular complexity index is 1260. The Morgan fingerprint density at radius 1 is 1.16 bits per heavy atom. The van der Waals surface area contributed by atoms with Gasteiger partial charge in [0.2, 0.25) is 0 Å². The normalized spacial score (nSPS) is 22.0. The predicted octanol–water partition coefficient (Wildman–Crippen LogP) is 1.76. The Balaban J connectivity index is 1.45. The molecule has 5 heterocycles. The molecule has 0 aliphatic carbocycles. The molecule has 2 bridgehead atoms. The molecule has 1 aromatic carbocycles. The number of ether oxygens (including phenoxy) is 1. The predicted molar refractivity (Wildman–Crippen MR) is 116 cm³/mol. The van der Waals surface area contributed by atoms with Crippen molar-refractivity contribution in [2.45, 2.75) is 18.9 Å². The van der Waals surface area contributed by atoms with Gasteiger partial charge in [-0.25, -0.2) is 4.98 Å². The number of anilines is 1. The van der Waals surface area contributed by atoms with Gasteiger partial charge in [0.15, 0.2) is 6.61 Å². The van der Waals surface area contributed by atoms with Gasteiger partial charge in [0.25, 0.3) is 11.5 Å². The van der Waals surface area contributed by atoms with Crippen LogP contribution in [-0.4, -0.2) is 46.8 Å². The molecule has 6 rings (SSSR count). The fourth-order valence-corrected chi connectivity index (χ4v) is 5.08.